The molecule has 234 valence electrons. The van der Waals surface area contributed by atoms with Gasteiger partial charge >= 0.3 is 0 Å². The van der Waals surface area contributed by atoms with Crippen molar-refractivity contribution in [1.82, 2.24) is 4.90 Å². The monoisotopic (exact) mass is 694 g/mol. The predicted octanol–water partition coefficient (Wildman–Crippen LogP) is 8.79. The van der Waals surface area contributed by atoms with Gasteiger partial charge in [0.15, 0.2) is 0 Å². The maximum Gasteiger partial charge on any atom is 0.267 e. The molecule has 1 aromatic carbocycles. The van der Waals surface area contributed by atoms with Gasteiger partial charge in [-0.2, -0.15) is 0 Å². The Labute approximate surface area is 260 Å². The molecule has 2 atom stereocenters. The minimum Gasteiger partial charge on any atom is -0.756 e. The lowest BCUT2D eigenvalue weighted by molar-refractivity contribution is -0.226. The van der Waals surface area contributed by atoms with Gasteiger partial charge in [0, 0.05) is 22.6 Å². The van der Waals surface area contributed by atoms with E-state index in [0.717, 1.165) is 13.0 Å². The van der Waals surface area contributed by atoms with Crippen molar-refractivity contribution < 1.29 is 23.2 Å². The van der Waals surface area contributed by atoms with Crippen molar-refractivity contribution in [3.05, 3.63) is 33.4 Å². The summed E-state index contributed by atoms with van der Waals surface area (Å²) >= 11 is 2.37. The standard InChI is InChI=1S/C32H59INO5P/c1-30(29-39-40(35,36)38-27-25-34(2)3)28-37-26-19-17-15-13-11-9-7-5-4-6-8-10-12-14-16-18-20-31-21-23-32(33)24-22-31/h21-24,30H,4-20,25-29H2,1-3H3,(H,35,36)/p-1. The quantitative estimate of drug-likeness (QED) is 0.0496. The van der Waals surface area contributed by atoms with E-state index in [4.69, 9.17) is 13.8 Å². The number of hydrogen-bond donors (Lipinski definition) is 0. The second-order valence-corrected chi connectivity index (χ2v) is 14.2. The molecule has 0 spiro atoms. The fourth-order valence-electron chi connectivity index (χ4n) is 4.58. The number of halogens is 1. The van der Waals surface area contributed by atoms with E-state index in [-0.39, 0.29) is 19.1 Å². The van der Waals surface area contributed by atoms with Crippen LogP contribution in [0, 0.1) is 9.49 Å². The average Bonchev–Trinajstić information content (AvgIpc) is 2.91. The molecule has 2 unspecified atom stereocenters. The molecule has 8 heteroatoms. The lowest BCUT2D eigenvalue weighted by Crippen LogP contribution is -2.21. The maximum absolute atomic E-state index is 11.7. The molecule has 1 aromatic rings. The Hall–Kier alpha value is -0.0200. The first kappa shape index (κ1) is 38.0. The Morgan fingerprint density at radius 1 is 0.725 bits per heavy atom. The molecule has 6 nitrogen and oxygen atoms in total. The Morgan fingerprint density at radius 3 is 1.70 bits per heavy atom. The summed E-state index contributed by atoms with van der Waals surface area (Å²) in [6.45, 7) is 3.89. The Morgan fingerprint density at radius 2 is 1.20 bits per heavy atom. The summed E-state index contributed by atoms with van der Waals surface area (Å²) in [5, 5.41) is 0. The molecule has 0 fully saturated rings. The zero-order valence-electron chi connectivity index (χ0n) is 25.8. The first-order valence-electron chi connectivity index (χ1n) is 15.9. The molecular formula is C32H58INO5P-. The van der Waals surface area contributed by atoms with Gasteiger partial charge in [0.2, 0.25) is 0 Å². The second kappa shape index (κ2) is 25.5. The fraction of sp³-hybridized carbons (Fsp3) is 0.812. The summed E-state index contributed by atoms with van der Waals surface area (Å²) in [7, 11) is -0.501. The van der Waals surface area contributed by atoms with Crippen molar-refractivity contribution in [3.63, 3.8) is 0 Å². The first-order valence-corrected chi connectivity index (χ1v) is 18.4. The highest BCUT2D eigenvalue weighted by molar-refractivity contribution is 14.1. The Bertz CT molecular complexity index is 749. The van der Waals surface area contributed by atoms with Gasteiger partial charge in [0.05, 0.1) is 19.8 Å². The molecule has 0 saturated heterocycles. The molecule has 0 radical (unpaired) electrons. The number of hydrogen-bond acceptors (Lipinski definition) is 6. The van der Waals surface area contributed by atoms with Crippen LogP contribution in [0.1, 0.15) is 115 Å². The van der Waals surface area contributed by atoms with E-state index >= 15 is 0 Å². The van der Waals surface area contributed by atoms with E-state index in [1.54, 1.807) is 0 Å². The fourth-order valence-corrected chi connectivity index (χ4v) is 5.76. The third kappa shape index (κ3) is 24.6. The number of phosphoric ester groups is 1. The topological polar surface area (TPSA) is 71.1 Å². The summed E-state index contributed by atoms with van der Waals surface area (Å²) < 4.78 is 28.6. The zero-order chi connectivity index (χ0) is 29.3. The number of likely N-dealkylation sites (N-methyl/N-ethyl adjacent to an activating group) is 1. The number of ether oxygens (including phenoxy) is 1. The van der Waals surface area contributed by atoms with E-state index in [0.29, 0.717) is 13.2 Å². The highest BCUT2D eigenvalue weighted by Gasteiger charge is 2.12. The average molecular weight is 695 g/mol. The SMILES string of the molecule is CC(COCCCCCCCCCCCCCCCCCCc1ccc(I)cc1)COP(=O)([O-])OCCN(C)C. The molecule has 0 N–H and O–H groups in total. The van der Waals surface area contributed by atoms with Gasteiger partial charge in [-0.15, -0.1) is 0 Å². The van der Waals surface area contributed by atoms with Gasteiger partial charge in [-0.3, -0.25) is 4.57 Å². The largest absolute Gasteiger partial charge is 0.756 e. The van der Waals surface area contributed by atoms with E-state index in [2.05, 4.69) is 46.9 Å². The number of rotatable bonds is 28. The van der Waals surface area contributed by atoms with Crippen LogP contribution in [0.4, 0.5) is 0 Å². The van der Waals surface area contributed by atoms with Crippen molar-refractivity contribution in [2.45, 2.75) is 116 Å². The van der Waals surface area contributed by atoms with Gasteiger partial charge in [-0.25, -0.2) is 0 Å². The van der Waals surface area contributed by atoms with Crippen LogP contribution in [0.3, 0.4) is 0 Å². The van der Waals surface area contributed by atoms with E-state index in [1.165, 1.54) is 112 Å². The summed E-state index contributed by atoms with van der Waals surface area (Å²) in [5.74, 6) is 0.0132. The van der Waals surface area contributed by atoms with E-state index < -0.39 is 7.82 Å². The van der Waals surface area contributed by atoms with Crippen LogP contribution < -0.4 is 4.89 Å². The minimum absolute atomic E-state index is 0.0132. The van der Waals surface area contributed by atoms with Gasteiger partial charge in [-0.05, 0) is 73.6 Å². The molecule has 0 bridgehead atoms. The molecular weight excluding hydrogens is 636 g/mol. The second-order valence-electron chi connectivity index (χ2n) is 11.6. The first-order chi connectivity index (χ1) is 19.3. The lowest BCUT2D eigenvalue weighted by atomic mass is 10.0. The van der Waals surface area contributed by atoms with Crippen LogP contribution >= 0.6 is 30.4 Å². The highest BCUT2D eigenvalue weighted by Crippen LogP contribution is 2.38. The van der Waals surface area contributed by atoms with Crippen LogP contribution in [-0.2, 0) is 24.8 Å². The van der Waals surface area contributed by atoms with Crippen LogP contribution in [0.25, 0.3) is 0 Å². The maximum atomic E-state index is 11.7. The molecule has 1 rings (SSSR count). The number of unbranched alkanes of at least 4 members (excludes halogenated alkanes) is 15. The lowest BCUT2D eigenvalue weighted by Gasteiger charge is -2.25. The summed E-state index contributed by atoms with van der Waals surface area (Å²) in [6, 6.07) is 8.96. The van der Waals surface area contributed by atoms with E-state index in [1.807, 2.05) is 25.9 Å². The minimum atomic E-state index is -4.22. The zero-order valence-corrected chi connectivity index (χ0v) is 28.8. The molecule has 0 aliphatic heterocycles. The van der Waals surface area contributed by atoms with Crippen molar-refractivity contribution in [1.29, 1.82) is 0 Å². The number of aryl methyl sites for hydroxylation is 1. The number of benzene rings is 1. The van der Waals surface area contributed by atoms with Crippen LogP contribution in [0.2, 0.25) is 0 Å². The van der Waals surface area contributed by atoms with Gasteiger partial charge < -0.3 is 23.6 Å². The molecule has 0 saturated carbocycles. The van der Waals surface area contributed by atoms with Crippen LogP contribution in [0.5, 0.6) is 0 Å². The van der Waals surface area contributed by atoms with E-state index in [9.17, 15) is 9.46 Å². The van der Waals surface area contributed by atoms with Gasteiger partial charge in [0.25, 0.3) is 7.82 Å². The Kier molecular flexibility index (Phi) is 24.2. The smallest absolute Gasteiger partial charge is 0.267 e. The third-order valence-corrected chi connectivity index (χ3v) is 8.81. The summed E-state index contributed by atoms with van der Waals surface area (Å²) in [4.78, 5) is 13.6. The highest BCUT2D eigenvalue weighted by atomic mass is 127. The normalized spacial score (nSPS) is 14.1. The van der Waals surface area contributed by atoms with Crippen molar-refractivity contribution in [2.24, 2.45) is 5.92 Å². The number of nitrogens with zero attached hydrogens (tertiary/aromatic N) is 1. The summed E-state index contributed by atoms with van der Waals surface area (Å²) in [5.41, 5.74) is 1.48. The third-order valence-electron chi connectivity index (χ3n) is 7.12. The van der Waals surface area contributed by atoms with Crippen LogP contribution in [0.15, 0.2) is 24.3 Å². The van der Waals surface area contributed by atoms with Crippen molar-refractivity contribution in [3.8, 4) is 0 Å². The molecule has 0 aliphatic carbocycles. The molecule has 0 amide bonds. The molecule has 0 aromatic heterocycles. The molecule has 0 heterocycles. The van der Waals surface area contributed by atoms with Gasteiger partial charge in [-0.1, -0.05) is 109 Å². The van der Waals surface area contributed by atoms with Crippen molar-refractivity contribution >= 4 is 30.4 Å². The molecule has 0 aliphatic rings. The van der Waals surface area contributed by atoms with Crippen LogP contribution in [-0.4, -0.2) is 52.0 Å². The molecule has 40 heavy (non-hydrogen) atoms. The summed E-state index contributed by atoms with van der Waals surface area (Å²) in [6.07, 6.45) is 22.7. The Balaban J connectivity index is 1.76. The predicted molar refractivity (Wildman–Crippen MR) is 175 cm³/mol. The van der Waals surface area contributed by atoms with Gasteiger partial charge in [0.1, 0.15) is 0 Å². The number of phosphoric acid groups is 1. The van der Waals surface area contributed by atoms with Crippen molar-refractivity contribution in [2.75, 3.05) is 47.1 Å².